The molecule has 80 valence electrons. The van der Waals surface area contributed by atoms with Crippen LogP contribution in [0.5, 0.6) is 0 Å². The van der Waals surface area contributed by atoms with Gasteiger partial charge in [0.25, 0.3) is 0 Å². The first-order chi connectivity index (χ1) is 6.14. The van der Waals surface area contributed by atoms with Gasteiger partial charge >= 0.3 is 0 Å². The molecule has 2 atom stereocenters. The molecule has 2 unspecified atom stereocenters. The number of nitrogens with one attached hydrogen (secondary N) is 2. The zero-order valence-electron chi connectivity index (χ0n) is 7.71. The van der Waals surface area contributed by atoms with E-state index in [1.165, 1.54) is 0 Å². The van der Waals surface area contributed by atoms with Crippen molar-refractivity contribution in [3.8, 4) is 0 Å². The molecule has 2 saturated heterocycles. The molecule has 0 bridgehead atoms. The Bertz CT molecular complexity index is 271. The molecule has 1 spiro atoms. The number of carbonyl (C=O) groups excluding carboxylic acids is 2. The van der Waals surface area contributed by atoms with Gasteiger partial charge in [-0.15, -0.1) is 12.4 Å². The van der Waals surface area contributed by atoms with Crippen molar-refractivity contribution >= 4 is 24.2 Å². The third-order valence-electron chi connectivity index (χ3n) is 3.00. The van der Waals surface area contributed by atoms with Gasteiger partial charge in [-0.05, 0) is 12.8 Å². The minimum Gasteiger partial charge on any atom is -0.368 e. The van der Waals surface area contributed by atoms with Crippen molar-refractivity contribution in [2.45, 2.75) is 18.9 Å². The summed E-state index contributed by atoms with van der Waals surface area (Å²) >= 11 is 0. The SMILES string of the molecule is Cl.NC(=O)C1CC2(CCNC2=O)CN1. The van der Waals surface area contributed by atoms with E-state index in [1.807, 2.05) is 0 Å². The van der Waals surface area contributed by atoms with Crippen LogP contribution in [0, 0.1) is 5.41 Å². The minimum absolute atomic E-state index is 0. The van der Waals surface area contributed by atoms with E-state index in [4.69, 9.17) is 5.73 Å². The van der Waals surface area contributed by atoms with E-state index < -0.39 is 0 Å². The topological polar surface area (TPSA) is 84.2 Å². The van der Waals surface area contributed by atoms with Crippen molar-refractivity contribution in [2.24, 2.45) is 11.1 Å². The molecule has 2 aliphatic rings. The number of rotatable bonds is 1. The van der Waals surface area contributed by atoms with E-state index >= 15 is 0 Å². The molecular formula is C8H14ClN3O2. The number of nitrogens with two attached hydrogens (primary N) is 1. The first kappa shape index (κ1) is 11.3. The fourth-order valence-corrected chi connectivity index (χ4v) is 2.13. The number of carbonyl (C=O) groups is 2. The zero-order valence-corrected chi connectivity index (χ0v) is 8.52. The summed E-state index contributed by atoms with van der Waals surface area (Å²) in [7, 11) is 0. The highest BCUT2D eigenvalue weighted by Gasteiger charge is 2.49. The van der Waals surface area contributed by atoms with Crippen LogP contribution in [-0.2, 0) is 9.59 Å². The summed E-state index contributed by atoms with van der Waals surface area (Å²) < 4.78 is 0. The molecule has 0 aromatic rings. The molecule has 0 radical (unpaired) electrons. The van der Waals surface area contributed by atoms with Crippen LogP contribution in [0.25, 0.3) is 0 Å². The molecule has 2 heterocycles. The Morgan fingerprint density at radius 3 is 2.71 bits per heavy atom. The summed E-state index contributed by atoms with van der Waals surface area (Å²) in [6.07, 6.45) is 1.36. The molecule has 0 aliphatic carbocycles. The Balaban J connectivity index is 0.000000980. The van der Waals surface area contributed by atoms with Gasteiger partial charge in [0.1, 0.15) is 0 Å². The van der Waals surface area contributed by atoms with Gasteiger partial charge < -0.3 is 16.4 Å². The van der Waals surface area contributed by atoms with E-state index in [2.05, 4.69) is 10.6 Å². The molecule has 2 amide bonds. The summed E-state index contributed by atoms with van der Waals surface area (Å²) in [4.78, 5) is 22.3. The maximum Gasteiger partial charge on any atom is 0.234 e. The molecule has 2 rings (SSSR count). The molecule has 14 heavy (non-hydrogen) atoms. The molecule has 2 fully saturated rings. The van der Waals surface area contributed by atoms with Gasteiger partial charge in [-0.1, -0.05) is 0 Å². The quantitative estimate of drug-likeness (QED) is 0.516. The van der Waals surface area contributed by atoms with Crippen LogP contribution in [0.4, 0.5) is 0 Å². The second kappa shape index (κ2) is 3.74. The fourth-order valence-electron chi connectivity index (χ4n) is 2.13. The monoisotopic (exact) mass is 219 g/mol. The summed E-state index contributed by atoms with van der Waals surface area (Å²) in [5.74, 6) is -0.305. The lowest BCUT2D eigenvalue weighted by Crippen LogP contribution is -2.36. The van der Waals surface area contributed by atoms with Crippen LogP contribution in [0.2, 0.25) is 0 Å². The lowest BCUT2D eigenvalue weighted by molar-refractivity contribution is -0.126. The average molecular weight is 220 g/mol. The number of primary amides is 1. The van der Waals surface area contributed by atoms with E-state index in [1.54, 1.807) is 0 Å². The van der Waals surface area contributed by atoms with E-state index in [-0.39, 0.29) is 35.7 Å². The second-order valence-corrected chi connectivity index (χ2v) is 3.83. The summed E-state index contributed by atoms with van der Waals surface area (Å²) in [6, 6.07) is -0.330. The minimum atomic E-state index is -0.364. The largest absolute Gasteiger partial charge is 0.368 e. The van der Waals surface area contributed by atoms with E-state index in [0.717, 1.165) is 6.42 Å². The Hall–Kier alpha value is -0.810. The van der Waals surface area contributed by atoms with Crippen molar-refractivity contribution in [2.75, 3.05) is 13.1 Å². The van der Waals surface area contributed by atoms with Gasteiger partial charge in [0.15, 0.2) is 0 Å². The maximum atomic E-state index is 11.5. The molecule has 2 aliphatic heterocycles. The van der Waals surface area contributed by atoms with Crippen LogP contribution < -0.4 is 16.4 Å². The molecule has 6 heteroatoms. The Morgan fingerprint density at radius 2 is 2.29 bits per heavy atom. The van der Waals surface area contributed by atoms with Crippen LogP contribution in [0.1, 0.15) is 12.8 Å². The number of hydrogen-bond acceptors (Lipinski definition) is 3. The highest BCUT2D eigenvalue weighted by Crippen LogP contribution is 2.35. The Kier molecular flexibility index (Phi) is 3.01. The van der Waals surface area contributed by atoms with Crippen molar-refractivity contribution in [1.82, 2.24) is 10.6 Å². The molecule has 5 nitrogen and oxygen atoms in total. The molecule has 0 saturated carbocycles. The van der Waals surface area contributed by atoms with Crippen LogP contribution in [0.3, 0.4) is 0 Å². The van der Waals surface area contributed by atoms with Gasteiger partial charge in [0, 0.05) is 13.1 Å². The Morgan fingerprint density at radius 1 is 1.57 bits per heavy atom. The third-order valence-corrected chi connectivity index (χ3v) is 3.00. The van der Waals surface area contributed by atoms with E-state index in [9.17, 15) is 9.59 Å². The van der Waals surface area contributed by atoms with Crippen LogP contribution >= 0.6 is 12.4 Å². The predicted octanol–water partition coefficient (Wildman–Crippen LogP) is -1.24. The zero-order chi connectivity index (χ0) is 9.47. The molecule has 0 aromatic heterocycles. The predicted molar refractivity (Wildman–Crippen MR) is 52.9 cm³/mol. The lowest BCUT2D eigenvalue weighted by Gasteiger charge is -2.16. The van der Waals surface area contributed by atoms with Gasteiger partial charge in [0.2, 0.25) is 11.8 Å². The van der Waals surface area contributed by atoms with Gasteiger partial charge in [-0.2, -0.15) is 0 Å². The van der Waals surface area contributed by atoms with E-state index in [0.29, 0.717) is 19.5 Å². The summed E-state index contributed by atoms with van der Waals surface area (Å²) in [5, 5.41) is 5.76. The number of amides is 2. The summed E-state index contributed by atoms with van der Waals surface area (Å²) in [6.45, 7) is 1.29. The normalized spacial score (nSPS) is 35.4. The van der Waals surface area contributed by atoms with Crippen LogP contribution in [0.15, 0.2) is 0 Å². The highest BCUT2D eigenvalue weighted by atomic mass is 35.5. The van der Waals surface area contributed by atoms with Gasteiger partial charge in [-0.3, -0.25) is 9.59 Å². The molecular weight excluding hydrogens is 206 g/mol. The highest BCUT2D eigenvalue weighted by molar-refractivity contribution is 5.88. The van der Waals surface area contributed by atoms with Gasteiger partial charge in [0.05, 0.1) is 11.5 Å². The molecule has 0 aromatic carbocycles. The lowest BCUT2D eigenvalue weighted by atomic mass is 9.84. The number of hydrogen-bond donors (Lipinski definition) is 3. The van der Waals surface area contributed by atoms with Crippen molar-refractivity contribution in [3.63, 3.8) is 0 Å². The molecule has 4 N–H and O–H groups in total. The fraction of sp³-hybridized carbons (Fsp3) is 0.750. The third kappa shape index (κ3) is 1.57. The first-order valence-electron chi connectivity index (χ1n) is 4.45. The number of halogens is 1. The van der Waals surface area contributed by atoms with Crippen molar-refractivity contribution in [3.05, 3.63) is 0 Å². The maximum absolute atomic E-state index is 11.5. The Labute approximate surface area is 88.2 Å². The van der Waals surface area contributed by atoms with Gasteiger partial charge in [-0.25, -0.2) is 0 Å². The average Bonchev–Trinajstić information content (AvgIpc) is 2.63. The smallest absolute Gasteiger partial charge is 0.234 e. The van der Waals surface area contributed by atoms with Crippen molar-refractivity contribution in [1.29, 1.82) is 0 Å². The summed E-state index contributed by atoms with van der Waals surface area (Å²) in [5.41, 5.74) is 4.80. The van der Waals surface area contributed by atoms with Crippen LogP contribution in [-0.4, -0.2) is 30.9 Å². The first-order valence-corrected chi connectivity index (χ1v) is 4.45. The standard InChI is InChI=1S/C8H13N3O2.ClH/c9-6(12)5-3-8(4-11-5)1-2-10-7(8)13;/h5,11H,1-4H2,(H2,9,12)(H,10,13);1H. The van der Waals surface area contributed by atoms with Crippen molar-refractivity contribution < 1.29 is 9.59 Å². The second-order valence-electron chi connectivity index (χ2n) is 3.83.